The Labute approximate surface area is 101 Å². The van der Waals surface area contributed by atoms with E-state index in [1.807, 2.05) is 31.7 Å². The first-order valence-electron chi connectivity index (χ1n) is 5.72. The van der Waals surface area contributed by atoms with Crippen molar-refractivity contribution < 1.29 is 0 Å². The van der Waals surface area contributed by atoms with Crippen LogP contribution in [0.1, 0.15) is 6.42 Å². The monoisotopic (exact) mass is 231 g/mol. The SMILES string of the molecule is CNc1cc(NCCCn2ccnc2)ccn1. The van der Waals surface area contributed by atoms with E-state index in [1.165, 1.54) is 0 Å². The summed E-state index contributed by atoms with van der Waals surface area (Å²) in [5.41, 5.74) is 1.09. The topological polar surface area (TPSA) is 54.8 Å². The van der Waals surface area contributed by atoms with Crippen molar-refractivity contribution in [2.45, 2.75) is 13.0 Å². The average Bonchev–Trinajstić information content (AvgIpc) is 2.88. The van der Waals surface area contributed by atoms with Crippen molar-refractivity contribution >= 4 is 11.5 Å². The van der Waals surface area contributed by atoms with Crippen LogP contribution in [0.3, 0.4) is 0 Å². The summed E-state index contributed by atoms with van der Waals surface area (Å²) in [6, 6.07) is 3.97. The molecule has 2 rings (SSSR count). The standard InChI is InChI=1S/C12H17N5/c1-13-12-9-11(3-5-16-12)15-4-2-7-17-8-6-14-10-17/h3,5-6,8-10H,2,4,7H2,1H3,(H2,13,15,16). The molecule has 0 radical (unpaired) electrons. The van der Waals surface area contributed by atoms with E-state index in [0.717, 1.165) is 31.0 Å². The summed E-state index contributed by atoms with van der Waals surface area (Å²) < 4.78 is 2.08. The highest BCUT2D eigenvalue weighted by Crippen LogP contribution is 2.10. The van der Waals surface area contributed by atoms with Crippen LogP contribution < -0.4 is 10.6 Å². The van der Waals surface area contributed by atoms with Crippen LogP contribution in [0, 0.1) is 0 Å². The van der Waals surface area contributed by atoms with Gasteiger partial charge in [0.05, 0.1) is 6.33 Å². The van der Waals surface area contributed by atoms with Crippen molar-refractivity contribution in [3.05, 3.63) is 37.1 Å². The van der Waals surface area contributed by atoms with Crippen LogP contribution in [0.15, 0.2) is 37.1 Å². The largest absolute Gasteiger partial charge is 0.385 e. The first-order chi connectivity index (χ1) is 8.38. The minimum Gasteiger partial charge on any atom is -0.385 e. The van der Waals surface area contributed by atoms with Crippen LogP contribution in [-0.2, 0) is 6.54 Å². The van der Waals surface area contributed by atoms with E-state index < -0.39 is 0 Å². The summed E-state index contributed by atoms with van der Waals surface area (Å²) >= 11 is 0. The molecule has 2 aromatic heterocycles. The zero-order valence-corrected chi connectivity index (χ0v) is 9.93. The van der Waals surface area contributed by atoms with E-state index in [0.29, 0.717) is 0 Å². The van der Waals surface area contributed by atoms with Gasteiger partial charge in [-0.3, -0.25) is 0 Å². The summed E-state index contributed by atoms with van der Waals surface area (Å²) in [5, 5.41) is 6.38. The van der Waals surface area contributed by atoms with Gasteiger partial charge in [-0.25, -0.2) is 9.97 Å². The summed E-state index contributed by atoms with van der Waals surface area (Å²) in [4.78, 5) is 8.17. The fourth-order valence-electron chi connectivity index (χ4n) is 1.59. The molecule has 0 atom stereocenters. The molecule has 17 heavy (non-hydrogen) atoms. The predicted molar refractivity (Wildman–Crippen MR) is 69.1 cm³/mol. The van der Waals surface area contributed by atoms with E-state index in [-0.39, 0.29) is 0 Å². The molecule has 0 aliphatic carbocycles. The normalized spacial score (nSPS) is 10.2. The third-order valence-corrected chi connectivity index (χ3v) is 2.50. The number of hydrogen-bond acceptors (Lipinski definition) is 4. The van der Waals surface area contributed by atoms with Gasteiger partial charge >= 0.3 is 0 Å². The van der Waals surface area contributed by atoms with Gasteiger partial charge in [-0.2, -0.15) is 0 Å². The number of rotatable bonds is 6. The van der Waals surface area contributed by atoms with Gasteiger partial charge in [0.2, 0.25) is 0 Å². The van der Waals surface area contributed by atoms with Gasteiger partial charge < -0.3 is 15.2 Å². The lowest BCUT2D eigenvalue weighted by Crippen LogP contribution is -2.06. The van der Waals surface area contributed by atoms with Crippen LogP contribution in [-0.4, -0.2) is 28.1 Å². The number of imidazole rings is 1. The highest BCUT2D eigenvalue weighted by molar-refractivity contribution is 5.51. The molecule has 0 unspecified atom stereocenters. The molecular formula is C12H17N5. The van der Waals surface area contributed by atoms with E-state index in [4.69, 9.17) is 0 Å². The predicted octanol–water partition coefficient (Wildman–Crippen LogP) is 1.82. The maximum absolute atomic E-state index is 4.16. The second kappa shape index (κ2) is 5.89. The molecule has 0 saturated carbocycles. The van der Waals surface area contributed by atoms with Crippen molar-refractivity contribution in [3.8, 4) is 0 Å². The Balaban J connectivity index is 1.74. The second-order valence-corrected chi connectivity index (χ2v) is 3.76. The molecule has 5 nitrogen and oxygen atoms in total. The van der Waals surface area contributed by atoms with Crippen molar-refractivity contribution in [1.29, 1.82) is 0 Å². The summed E-state index contributed by atoms with van der Waals surface area (Å²) in [6.07, 6.45) is 8.48. The number of nitrogens with zero attached hydrogens (tertiary/aromatic N) is 3. The molecule has 0 aromatic carbocycles. The molecule has 0 bridgehead atoms. The van der Waals surface area contributed by atoms with Crippen LogP contribution in [0.5, 0.6) is 0 Å². The maximum Gasteiger partial charge on any atom is 0.127 e. The molecular weight excluding hydrogens is 214 g/mol. The van der Waals surface area contributed by atoms with Crippen LogP contribution in [0.4, 0.5) is 11.5 Å². The molecule has 5 heteroatoms. The fraction of sp³-hybridized carbons (Fsp3) is 0.333. The van der Waals surface area contributed by atoms with Crippen molar-refractivity contribution in [3.63, 3.8) is 0 Å². The molecule has 0 spiro atoms. The van der Waals surface area contributed by atoms with E-state index in [9.17, 15) is 0 Å². The summed E-state index contributed by atoms with van der Waals surface area (Å²) in [5.74, 6) is 0.879. The second-order valence-electron chi connectivity index (χ2n) is 3.76. The van der Waals surface area contributed by atoms with Crippen LogP contribution in [0.2, 0.25) is 0 Å². The zero-order chi connectivity index (χ0) is 11.9. The summed E-state index contributed by atoms with van der Waals surface area (Å²) in [6.45, 7) is 1.92. The average molecular weight is 231 g/mol. The highest BCUT2D eigenvalue weighted by Gasteiger charge is 1.95. The lowest BCUT2D eigenvalue weighted by Gasteiger charge is -2.07. The smallest absolute Gasteiger partial charge is 0.127 e. The molecule has 2 aromatic rings. The van der Waals surface area contributed by atoms with Crippen molar-refractivity contribution in [2.75, 3.05) is 24.2 Å². The molecule has 0 fully saturated rings. The number of hydrogen-bond donors (Lipinski definition) is 2. The number of nitrogens with one attached hydrogen (secondary N) is 2. The molecule has 0 aliphatic rings. The summed E-state index contributed by atoms with van der Waals surface area (Å²) in [7, 11) is 1.87. The van der Waals surface area contributed by atoms with Gasteiger partial charge in [-0.05, 0) is 12.5 Å². The Morgan fingerprint density at radius 1 is 1.35 bits per heavy atom. The third kappa shape index (κ3) is 3.48. The van der Waals surface area contributed by atoms with E-state index >= 15 is 0 Å². The molecule has 0 amide bonds. The van der Waals surface area contributed by atoms with E-state index in [2.05, 4.69) is 25.2 Å². The molecule has 2 heterocycles. The third-order valence-electron chi connectivity index (χ3n) is 2.50. The first kappa shape index (κ1) is 11.4. The van der Waals surface area contributed by atoms with Gasteiger partial charge in [-0.1, -0.05) is 0 Å². The highest BCUT2D eigenvalue weighted by atomic mass is 15.0. The van der Waals surface area contributed by atoms with Crippen molar-refractivity contribution in [1.82, 2.24) is 14.5 Å². The molecule has 2 N–H and O–H groups in total. The minimum absolute atomic E-state index is 0.879. The van der Waals surface area contributed by atoms with E-state index in [1.54, 1.807) is 12.4 Å². The Bertz CT molecular complexity index is 438. The van der Waals surface area contributed by atoms with Gasteiger partial charge in [0.25, 0.3) is 0 Å². The first-order valence-corrected chi connectivity index (χ1v) is 5.72. The van der Waals surface area contributed by atoms with Crippen LogP contribution in [0.25, 0.3) is 0 Å². The van der Waals surface area contributed by atoms with Crippen molar-refractivity contribution in [2.24, 2.45) is 0 Å². The van der Waals surface area contributed by atoms with Gasteiger partial charge in [0, 0.05) is 50.5 Å². The van der Waals surface area contributed by atoms with Gasteiger partial charge in [0.15, 0.2) is 0 Å². The van der Waals surface area contributed by atoms with Gasteiger partial charge in [-0.15, -0.1) is 0 Å². The number of pyridine rings is 1. The Hall–Kier alpha value is -2.04. The Kier molecular flexibility index (Phi) is 3.96. The lowest BCUT2D eigenvalue weighted by molar-refractivity contribution is 0.661. The number of aromatic nitrogens is 3. The van der Waals surface area contributed by atoms with Gasteiger partial charge in [0.1, 0.15) is 5.82 Å². The quantitative estimate of drug-likeness (QED) is 0.745. The lowest BCUT2D eigenvalue weighted by atomic mass is 10.3. The molecule has 0 aliphatic heterocycles. The van der Waals surface area contributed by atoms with Crippen LogP contribution >= 0.6 is 0 Å². The number of anilines is 2. The molecule has 90 valence electrons. The Morgan fingerprint density at radius 2 is 2.29 bits per heavy atom. The number of aryl methyl sites for hydroxylation is 1. The zero-order valence-electron chi connectivity index (χ0n) is 9.93. The fourth-order valence-corrected chi connectivity index (χ4v) is 1.59. The molecule has 0 saturated heterocycles. The minimum atomic E-state index is 0.879. The maximum atomic E-state index is 4.16. The Morgan fingerprint density at radius 3 is 3.06 bits per heavy atom.